The van der Waals surface area contributed by atoms with Crippen molar-refractivity contribution in [3.63, 3.8) is 0 Å². The molecule has 0 saturated carbocycles. The number of rotatable bonds is 5. The van der Waals surface area contributed by atoms with Crippen LogP contribution < -0.4 is 25.8 Å². The van der Waals surface area contributed by atoms with E-state index in [1.54, 1.807) is 51.4 Å². The number of ether oxygens (including phenoxy) is 1. The fourth-order valence-corrected chi connectivity index (χ4v) is 3.85. The molecule has 8 nitrogen and oxygen atoms in total. The molecule has 0 saturated heterocycles. The Kier molecular flexibility index (Phi) is 6.15. The van der Waals surface area contributed by atoms with Gasteiger partial charge in [0, 0.05) is 18.5 Å². The number of aromatic nitrogens is 1. The number of benzene rings is 2. The van der Waals surface area contributed by atoms with Crippen LogP contribution in [0.1, 0.15) is 12.5 Å². The molecule has 0 spiro atoms. The van der Waals surface area contributed by atoms with Crippen molar-refractivity contribution in [3.8, 4) is 5.75 Å². The summed E-state index contributed by atoms with van der Waals surface area (Å²) in [4.78, 5) is 40.1. The Labute approximate surface area is 190 Å². The molecule has 1 aliphatic rings. The minimum atomic E-state index is -0.935. The number of nitrogens with zero attached hydrogens (tertiary/aromatic N) is 2. The molecule has 33 heavy (non-hydrogen) atoms. The van der Waals surface area contributed by atoms with E-state index >= 15 is 0 Å². The highest BCUT2D eigenvalue weighted by molar-refractivity contribution is 6.01. The van der Waals surface area contributed by atoms with Crippen molar-refractivity contribution in [2.24, 2.45) is 7.05 Å². The predicted molar refractivity (Wildman–Crippen MR) is 123 cm³/mol. The SMILES string of the molecule is CNC(C)C(=O)NC1COc2ccccc2N(Cc2cc(=O)n(C)c3ccc(F)cc23)C1=O. The number of para-hydroxylation sites is 2. The van der Waals surface area contributed by atoms with Gasteiger partial charge in [0.05, 0.1) is 23.8 Å². The highest BCUT2D eigenvalue weighted by Crippen LogP contribution is 2.33. The maximum Gasteiger partial charge on any atom is 0.253 e. The summed E-state index contributed by atoms with van der Waals surface area (Å²) in [6.07, 6.45) is 0. The third-order valence-corrected chi connectivity index (χ3v) is 5.89. The molecule has 3 aromatic rings. The molecule has 9 heteroatoms. The van der Waals surface area contributed by atoms with Gasteiger partial charge in [0.2, 0.25) is 5.91 Å². The first-order chi connectivity index (χ1) is 15.8. The minimum Gasteiger partial charge on any atom is -0.489 e. The van der Waals surface area contributed by atoms with Crippen molar-refractivity contribution in [2.45, 2.75) is 25.6 Å². The smallest absolute Gasteiger partial charge is 0.253 e. The molecule has 2 atom stereocenters. The molecule has 1 aromatic heterocycles. The summed E-state index contributed by atoms with van der Waals surface area (Å²) in [5.74, 6) is -0.698. The summed E-state index contributed by atoms with van der Waals surface area (Å²) < 4.78 is 21.4. The lowest BCUT2D eigenvalue weighted by Crippen LogP contribution is -2.53. The molecular weight excluding hydrogens is 427 g/mol. The molecule has 0 aliphatic carbocycles. The lowest BCUT2D eigenvalue weighted by atomic mass is 10.1. The standard InChI is InChI=1S/C24H25FN4O4/c1-14(26-2)23(31)27-18-13-33-21-7-5-4-6-20(21)29(24(18)32)12-15-10-22(30)28(3)19-9-8-16(25)11-17(15)19/h4-11,14,18,26H,12-13H2,1-3H3,(H,27,31). The van der Waals surface area contributed by atoms with Gasteiger partial charge in [0.1, 0.15) is 24.2 Å². The van der Waals surface area contributed by atoms with Crippen LogP contribution in [0.5, 0.6) is 5.75 Å². The molecule has 172 valence electrons. The number of likely N-dealkylation sites (N-methyl/N-ethyl adjacent to an activating group) is 1. The van der Waals surface area contributed by atoms with Crippen LogP contribution in [0.3, 0.4) is 0 Å². The van der Waals surface area contributed by atoms with Crippen molar-refractivity contribution >= 4 is 28.4 Å². The zero-order valence-corrected chi connectivity index (χ0v) is 18.6. The zero-order chi connectivity index (χ0) is 23.7. The van der Waals surface area contributed by atoms with E-state index in [1.807, 2.05) is 0 Å². The molecule has 4 rings (SSSR count). The summed E-state index contributed by atoms with van der Waals surface area (Å²) in [6.45, 7) is 1.65. The topological polar surface area (TPSA) is 92.7 Å². The van der Waals surface area contributed by atoms with Gasteiger partial charge in [-0.3, -0.25) is 14.4 Å². The van der Waals surface area contributed by atoms with Gasteiger partial charge in [-0.25, -0.2) is 4.39 Å². The van der Waals surface area contributed by atoms with Gasteiger partial charge < -0.3 is 24.8 Å². The Hall–Kier alpha value is -3.72. The van der Waals surface area contributed by atoms with Crippen molar-refractivity contribution in [1.82, 2.24) is 15.2 Å². The highest BCUT2D eigenvalue weighted by atomic mass is 19.1. The second-order valence-corrected chi connectivity index (χ2v) is 8.00. The Balaban J connectivity index is 1.78. The summed E-state index contributed by atoms with van der Waals surface area (Å²) in [7, 11) is 3.26. The number of hydrogen-bond donors (Lipinski definition) is 2. The quantitative estimate of drug-likeness (QED) is 0.615. The van der Waals surface area contributed by atoms with Crippen LogP contribution in [0.2, 0.25) is 0 Å². The van der Waals surface area contributed by atoms with Crippen LogP contribution in [0.15, 0.2) is 53.3 Å². The van der Waals surface area contributed by atoms with Gasteiger partial charge >= 0.3 is 0 Å². The number of carbonyl (C=O) groups is 2. The summed E-state index contributed by atoms with van der Waals surface area (Å²) >= 11 is 0. The molecule has 2 amide bonds. The molecule has 0 fully saturated rings. The van der Waals surface area contributed by atoms with E-state index in [4.69, 9.17) is 4.74 Å². The van der Waals surface area contributed by atoms with Gasteiger partial charge in [-0.05, 0) is 49.9 Å². The molecule has 2 heterocycles. The molecule has 0 bridgehead atoms. The highest BCUT2D eigenvalue weighted by Gasteiger charge is 2.33. The van der Waals surface area contributed by atoms with E-state index in [2.05, 4.69) is 10.6 Å². The second kappa shape index (κ2) is 9.03. The van der Waals surface area contributed by atoms with E-state index in [0.29, 0.717) is 27.9 Å². The van der Waals surface area contributed by atoms with E-state index in [1.165, 1.54) is 27.7 Å². The number of amides is 2. The number of hydrogen-bond acceptors (Lipinski definition) is 5. The van der Waals surface area contributed by atoms with Crippen LogP contribution >= 0.6 is 0 Å². The van der Waals surface area contributed by atoms with Crippen LogP contribution in [0.25, 0.3) is 10.9 Å². The average Bonchev–Trinajstić information content (AvgIpc) is 2.94. The van der Waals surface area contributed by atoms with E-state index < -0.39 is 17.9 Å². The van der Waals surface area contributed by atoms with Gasteiger partial charge in [0.25, 0.3) is 11.5 Å². The number of anilines is 1. The predicted octanol–water partition coefficient (Wildman–Crippen LogP) is 1.70. The Morgan fingerprint density at radius 1 is 1.21 bits per heavy atom. The molecule has 1 aliphatic heterocycles. The summed E-state index contributed by atoms with van der Waals surface area (Å²) in [6, 6.07) is 11.2. The van der Waals surface area contributed by atoms with E-state index in [-0.39, 0.29) is 30.5 Å². The fourth-order valence-electron chi connectivity index (χ4n) is 3.85. The molecule has 2 aromatic carbocycles. The van der Waals surface area contributed by atoms with E-state index in [0.717, 1.165) is 0 Å². The van der Waals surface area contributed by atoms with Crippen LogP contribution in [0.4, 0.5) is 10.1 Å². The zero-order valence-electron chi connectivity index (χ0n) is 18.6. The number of nitrogens with one attached hydrogen (secondary N) is 2. The monoisotopic (exact) mass is 452 g/mol. The van der Waals surface area contributed by atoms with Gasteiger partial charge in [0.15, 0.2) is 0 Å². The van der Waals surface area contributed by atoms with Crippen LogP contribution in [-0.4, -0.2) is 42.1 Å². The number of pyridine rings is 1. The van der Waals surface area contributed by atoms with Crippen molar-refractivity contribution in [3.05, 3.63) is 70.3 Å². The third-order valence-electron chi connectivity index (χ3n) is 5.89. The lowest BCUT2D eigenvalue weighted by Gasteiger charge is -2.26. The van der Waals surface area contributed by atoms with Gasteiger partial charge in [-0.1, -0.05) is 12.1 Å². The van der Waals surface area contributed by atoms with Crippen LogP contribution in [-0.2, 0) is 23.2 Å². The van der Waals surface area contributed by atoms with Gasteiger partial charge in [-0.15, -0.1) is 0 Å². The third kappa shape index (κ3) is 4.31. The molecule has 0 radical (unpaired) electrons. The normalized spacial score (nSPS) is 16.7. The van der Waals surface area contributed by atoms with Gasteiger partial charge in [-0.2, -0.15) is 0 Å². The Bertz CT molecular complexity index is 1290. The number of carbonyl (C=O) groups excluding carboxylic acids is 2. The average molecular weight is 452 g/mol. The maximum absolute atomic E-state index is 14.1. The molecule has 2 N–H and O–H groups in total. The second-order valence-electron chi connectivity index (χ2n) is 8.00. The van der Waals surface area contributed by atoms with Crippen LogP contribution in [0, 0.1) is 5.82 Å². The minimum absolute atomic E-state index is 0.00317. The van der Waals surface area contributed by atoms with Crippen molar-refractivity contribution in [2.75, 3.05) is 18.6 Å². The first kappa shape index (κ1) is 22.5. The lowest BCUT2D eigenvalue weighted by molar-refractivity contribution is -0.129. The number of aryl methyl sites for hydroxylation is 1. The van der Waals surface area contributed by atoms with E-state index in [9.17, 15) is 18.8 Å². The van der Waals surface area contributed by atoms with Crippen molar-refractivity contribution in [1.29, 1.82) is 0 Å². The summed E-state index contributed by atoms with van der Waals surface area (Å²) in [5.41, 5.74) is 1.28. The first-order valence-corrected chi connectivity index (χ1v) is 10.6. The van der Waals surface area contributed by atoms with Crippen molar-refractivity contribution < 1.29 is 18.7 Å². The largest absolute Gasteiger partial charge is 0.489 e. The fraction of sp³-hybridized carbons (Fsp3) is 0.292. The number of halogens is 1. The summed E-state index contributed by atoms with van der Waals surface area (Å²) in [5, 5.41) is 6.10. The Morgan fingerprint density at radius 3 is 2.73 bits per heavy atom. The number of fused-ring (bicyclic) bond motifs is 2. The Morgan fingerprint density at radius 2 is 1.97 bits per heavy atom. The first-order valence-electron chi connectivity index (χ1n) is 10.6. The molecule has 2 unspecified atom stereocenters. The maximum atomic E-state index is 14.1. The molecular formula is C24H25FN4O4.